The first-order valence-corrected chi connectivity index (χ1v) is 6.11. The Morgan fingerprint density at radius 2 is 1.93 bits per heavy atom. The van der Waals surface area contributed by atoms with E-state index >= 15 is 0 Å². The highest BCUT2D eigenvalue weighted by Crippen LogP contribution is 2.07. The minimum Gasteiger partial charge on any atom is -0.466 e. The van der Waals surface area contributed by atoms with Crippen molar-refractivity contribution in [2.45, 2.75) is 64.8 Å². The molecular formula is C12H25NO2. The summed E-state index contributed by atoms with van der Waals surface area (Å²) in [5.74, 6) is -0.153. The second-order valence-electron chi connectivity index (χ2n) is 4.03. The molecule has 3 nitrogen and oxygen atoms in total. The maximum Gasteiger partial charge on any atom is 0.307 e. The van der Waals surface area contributed by atoms with Crippen molar-refractivity contribution < 1.29 is 9.53 Å². The molecule has 1 atom stereocenters. The van der Waals surface area contributed by atoms with Crippen molar-refractivity contribution in [2.75, 3.05) is 6.61 Å². The van der Waals surface area contributed by atoms with Gasteiger partial charge in [-0.3, -0.25) is 4.79 Å². The molecule has 0 aliphatic rings. The van der Waals surface area contributed by atoms with E-state index in [4.69, 9.17) is 10.5 Å². The van der Waals surface area contributed by atoms with Crippen LogP contribution in [0.4, 0.5) is 0 Å². The Morgan fingerprint density at radius 3 is 2.53 bits per heavy atom. The fraction of sp³-hybridized carbons (Fsp3) is 0.917. The quantitative estimate of drug-likeness (QED) is 0.475. The van der Waals surface area contributed by atoms with Crippen molar-refractivity contribution in [3.05, 3.63) is 0 Å². The minimum atomic E-state index is -0.153. The Morgan fingerprint density at radius 1 is 1.20 bits per heavy atom. The van der Waals surface area contributed by atoms with Gasteiger partial charge >= 0.3 is 5.97 Å². The molecule has 15 heavy (non-hydrogen) atoms. The van der Waals surface area contributed by atoms with Gasteiger partial charge in [0.05, 0.1) is 13.0 Å². The molecule has 0 heterocycles. The number of carbonyl (C=O) groups is 1. The third kappa shape index (κ3) is 9.73. The highest BCUT2D eigenvalue weighted by Gasteiger charge is 2.09. The lowest BCUT2D eigenvalue weighted by atomic mass is 10.1. The van der Waals surface area contributed by atoms with Crippen LogP contribution in [0.15, 0.2) is 0 Å². The van der Waals surface area contributed by atoms with E-state index < -0.39 is 0 Å². The van der Waals surface area contributed by atoms with Crippen LogP contribution in [0.3, 0.4) is 0 Å². The van der Waals surface area contributed by atoms with Crippen LogP contribution in [0.2, 0.25) is 0 Å². The van der Waals surface area contributed by atoms with Gasteiger partial charge < -0.3 is 10.5 Å². The number of unbranched alkanes of at least 4 members (excludes halogenated alkanes) is 3. The van der Waals surface area contributed by atoms with Gasteiger partial charge in [0.15, 0.2) is 0 Å². The minimum absolute atomic E-state index is 0.0220. The van der Waals surface area contributed by atoms with Crippen molar-refractivity contribution in [3.8, 4) is 0 Å². The predicted molar refractivity (Wildman–Crippen MR) is 62.6 cm³/mol. The zero-order valence-electron chi connectivity index (χ0n) is 10.1. The Labute approximate surface area is 93.4 Å². The third-order valence-corrected chi connectivity index (χ3v) is 2.32. The molecule has 0 aliphatic carbocycles. The normalized spacial score (nSPS) is 12.5. The average Bonchev–Trinajstić information content (AvgIpc) is 2.21. The first-order valence-electron chi connectivity index (χ1n) is 6.11. The van der Waals surface area contributed by atoms with Crippen LogP contribution < -0.4 is 5.73 Å². The molecule has 0 rings (SSSR count). The number of hydrogen-bond donors (Lipinski definition) is 1. The first-order chi connectivity index (χ1) is 7.20. The van der Waals surface area contributed by atoms with Crippen molar-refractivity contribution in [3.63, 3.8) is 0 Å². The van der Waals surface area contributed by atoms with Gasteiger partial charge in [0.1, 0.15) is 0 Å². The van der Waals surface area contributed by atoms with E-state index in [0.29, 0.717) is 13.0 Å². The van der Waals surface area contributed by atoms with E-state index in [1.54, 1.807) is 0 Å². The van der Waals surface area contributed by atoms with Gasteiger partial charge in [-0.2, -0.15) is 0 Å². The van der Waals surface area contributed by atoms with Crippen LogP contribution in [-0.4, -0.2) is 18.6 Å². The molecule has 0 aliphatic heterocycles. The van der Waals surface area contributed by atoms with Crippen LogP contribution in [0.1, 0.15) is 58.8 Å². The fourth-order valence-corrected chi connectivity index (χ4v) is 1.42. The Kier molecular flexibility index (Phi) is 9.59. The molecular weight excluding hydrogens is 190 g/mol. The summed E-state index contributed by atoms with van der Waals surface area (Å²) in [6.07, 6.45) is 7.00. The standard InChI is InChI=1S/C12H25NO2/c1-3-5-6-7-8-11(13)10-12(14)15-9-4-2/h11H,3-10,13H2,1-2H3. The summed E-state index contributed by atoms with van der Waals surface area (Å²) >= 11 is 0. The zero-order chi connectivity index (χ0) is 11.5. The maximum atomic E-state index is 11.2. The Bertz CT molecular complexity index is 160. The van der Waals surface area contributed by atoms with Gasteiger partial charge in [0, 0.05) is 6.04 Å². The lowest BCUT2D eigenvalue weighted by molar-refractivity contribution is -0.144. The lowest BCUT2D eigenvalue weighted by Gasteiger charge is -2.10. The van der Waals surface area contributed by atoms with E-state index in [2.05, 4.69) is 6.92 Å². The summed E-state index contributed by atoms with van der Waals surface area (Å²) in [5.41, 5.74) is 5.83. The van der Waals surface area contributed by atoms with Crippen LogP contribution in [0.5, 0.6) is 0 Å². The summed E-state index contributed by atoms with van der Waals surface area (Å²) in [4.78, 5) is 11.2. The van der Waals surface area contributed by atoms with Crippen LogP contribution in [0, 0.1) is 0 Å². The predicted octanol–water partition coefficient (Wildman–Crippen LogP) is 2.63. The second kappa shape index (κ2) is 9.97. The van der Waals surface area contributed by atoms with Gasteiger partial charge in [-0.1, -0.05) is 39.5 Å². The summed E-state index contributed by atoms with van der Waals surface area (Å²) in [6, 6.07) is -0.0220. The molecule has 0 radical (unpaired) electrons. The largest absolute Gasteiger partial charge is 0.466 e. The van der Waals surface area contributed by atoms with E-state index in [1.165, 1.54) is 19.3 Å². The van der Waals surface area contributed by atoms with Crippen LogP contribution in [0.25, 0.3) is 0 Å². The Balaban J connectivity index is 3.38. The number of carbonyl (C=O) groups excluding carboxylic acids is 1. The summed E-state index contributed by atoms with van der Waals surface area (Å²) in [6.45, 7) is 4.68. The van der Waals surface area contributed by atoms with Gasteiger partial charge in [-0.05, 0) is 12.8 Å². The maximum absolute atomic E-state index is 11.2. The second-order valence-corrected chi connectivity index (χ2v) is 4.03. The van der Waals surface area contributed by atoms with Crippen LogP contribution in [-0.2, 0) is 9.53 Å². The molecule has 0 saturated carbocycles. The lowest BCUT2D eigenvalue weighted by Crippen LogP contribution is -2.24. The van der Waals surface area contributed by atoms with Gasteiger partial charge in [0.2, 0.25) is 0 Å². The first kappa shape index (κ1) is 14.4. The molecule has 0 amide bonds. The summed E-state index contributed by atoms with van der Waals surface area (Å²) < 4.78 is 4.97. The van der Waals surface area contributed by atoms with E-state index in [0.717, 1.165) is 19.3 Å². The number of esters is 1. The molecule has 0 aromatic carbocycles. The number of hydrogen-bond acceptors (Lipinski definition) is 3. The molecule has 0 saturated heterocycles. The molecule has 0 spiro atoms. The fourth-order valence-electron chi connectivity index (χ4n) is 1.42. The third-order valence-electron chi connectivity index (χ3n) is 2.32. The smallest absolute Gasteiger partial charge is 0.307 e. The highest BCUT2D eigenvalue weighted by molar-refractivity contribution is 5.70. The molecule has 0 aromatic rings. The van der Waals surface area contributed by atoms with Crippen molar-refractivity contribution in [2.24, 2.45) is 5.73 Å². The van der Waals surface area contributed by atoms with Crippen molar-refractivity contribution >= 4 is 5.97 Å². The van der Waals surface area contributed by atoms with Gasteiger partial charge in [0.25, 0.3) is 0 Å². The number of ether oxygens (including phenoxy) is 1. The molecule has 1 unspecified atom stereocenters. The van der Waals surface area contributed by atoms with Gasteiger partial charge in [-0.15, -0.1) is 0 Å². The highest BCUT2D eigenvalue weighted by atomic mass is 16.5. The average molecular weight is 215 g/mol. The molecule has 0 aromatic heterocycles. The van der Waals surface area contributed by atoms with Crippen molar-refractivity contribution in [1.82, 2.24) is 0 Å². The molecule has 3 heteroatoms. The summed E-state index contributed by atoms with van der Waals surface area (Å²) in [7, 11) is 0. The topological polar surface area (TPSA) is 52.3 Å². The monoisotopic (exact) mass is 215 g/mol. The summed E-state index contributed by atoms with van der Waals surface area (Å²) in [5, 5.41) is 0. The molecule has 0 bridgehead atoms. The Hall–Kier alpha value is -0.570. The van der Waals surface area contributed by atoms with E-state index in [-0.39, 0.29) is 12.0 Å². The number of nitrogens with two attached hydrogens (primary N) is 1. The molecule has 90 valence electrons. The van der Waals surface area contributed by atoms with Gasteiger partial charge in [-0.25, -0.2) is 0 Å². The van der Waals surface area contributed by atoms with Crippen molar-refractivity contribution in [1.29, 1.82) is 0 Å². The molecule has 2 N–H and O–H groups in total. The zero-order valence-corrected chi connectivity index (χ0v) is 10.1. The van der Waals surface area contributed by atoms with Crippen LogP contribution >= 0.6 is 0 Å². The van der Waals surface area contributed by atoms with E-state index in [1.807, 2.05) is 6.92 Å². The molecule has 0 fully saturated rings. The SMILES string of the molecule is CCCCCCC(N)CC(=O)OCCC. The number of rotatable bonds is 9. The van der Waals surface area contributed by atoms with E-state index in [9.17, 15) is 4.79 Å².